The molecule has 1 nitrogen and oxygen atoms in total. The SMILES string of the molecule is [C]1OCCCC1C1=CC=CCS1. The molecule has 64 valence electrons. The van der Waals surface area contributed by atoms with Gasteiger partial charge in [-0.1, -0.05) is 18.2 Å². The first-order chi connectivity index (χ1) is 5.97. The van der Waals surface area contributed by atoms with Crippen LogP contribution in [0, 0.1) is 12.5 Å². The Hall–Kier alpha value is -0.210. The summed E-state index contributed by atoms with van der Waals surface area (Å²) in [5, 5.41) is 0. The molecule has 1 saturated heterocycles. The van der Waals surface area contributed by atoms with E-state index in [0.29, 0.717) is 5.92 Å². The minimum absolute atomic E-state index is 0.439. The van der Waals surface area contributed by atoms with E-state index in [9.17, 15) is 0 Å². The maximum Gasteiger partial charge on any atom is 0.140 e. The summed E-state index contributed by atoms with van der Waals surface area (Å²) in [6.45, 7) is 3.92. The van der Waals surface area contributed by atoms with Crippen molar-refractivity contribution in [1.29, 1.82) is 0 Å². The van der Waals surface area contributed by atoms with Crippen molar-refractivity contribution in [3.05, 3.63) is 29.7 Å². The van der Waals surface area contributed by atoms with Gasteiger partial charge in [0.25, 0.3) is 0 Å². The second-order valence-corrected chi connectivity index (χ2v) is 4.06. The Kier molecular flexibility index (Phi) is 2.90. The average molecular weight is 180 g/mol. The van der Waals surface area contributed by atoms with Gasteiger partial charge < -0.3 is 4.74 Å². The van der Waals surface area contributed by atoms with Crippen LogP contribution in [0.3, 0.4) is 0 Å². The second kappa shape index (κ2) is 4.15. The summed E-state index contributed by atoms with van der Waals surface area (Å²) >= 11 is 1.90. The Labute approximate surface area is 77.9 Å². The summed E-state index contributed by atoms with van der Waals surface area (Å²) in [7, 11) is 0. The fraction of sp³-hybridized carbons (Fsp3) is 0.500. The van der Waals surface area contributed by atoms with Gasteiger partial charge >= 0.3 is 0 Å². The van der Waals surface area contributed by atoms with Crippen LogP contribution in [0.4, 0.5) is 0 Å². The van der Waals surface area contributed by atoms with E-state index in [1.807, 2.05) is 11.8 Å². The van der Waals surface area contributed by atoms with E-state index in [0.717, 1.165) is 12.4 Å². The molecule has 0 aromatic carbocycles. The summed E-state index contributed by atoms with van der Waals surface area (Å²) < 4.78 is 5.21. The van der Waals surface area contributed by atoms with E-state index in [1.165, 1.54) is 17.7 Å². The van der Waals surface area contributed by atoms with E-state index < -0.39 is 0 Å². The summed E-state index contributed by atoms with van der Waals surface area (Å²) in [4.78, 5) is 1.41. The van der Waals surface area contributed by atoms with E-state index in [-0.39, 0.29) is 0 Å². The highest BCUT2D eigenvalue weighted by molar-refractivity contribution is 8.03. The summed E-state index contributed by atoms with van der Waals surface area (Å²) in [5.41, 5.74) is 0. The zero-order chi connectivity index (χ0) is 8.23. The van der Waals surface area contributed by atoms with Gasteiger partial charge in [0.15, 0.2) is 0 Å². The quantitative estimate of drug-likeness (QED) is 0.613. The summed E-state index contributed by atoms with van der Waals surface area (Å²) in [5.74, 6) is 1.54. The number of allylic oxidation sites excluding steroid dienone is 2. The molecule has 1 fully saturated rings. The Balaban J connectivity index is 1.97. The molecule has 2 heteroatoms. The smallest absolute Gasteiger partial charge is 0.140 e. The van der Waals surface area contributed by atoms with E-state index in [1.54, 1.807) is 0 Å². The van der Waals surface area contributed by atoms with E-state index in [4.69, 9.17) is 4.74 Å². The van der Waals surface area contributed by atoms with Crippen molar-refractivity contribution in [3.63, 3.8) is 0 Å². The highest BCUT2D eigenvalue weighted by Crippen LogP contribution is 2.34. The molecule has 2 rings (SSSR count). The van der Waals surface area contributed by atoms with E-state index >= 15 is 0 Å². The van der Waals surface area contributed by atoms with Crippen LogP contribution in [-0.4, -0.2) is 12.4 Å². The molecule has 2 heterocycles. The van der Waals surface area contributed by atoms with Crippen molar-refractivity contribution in [2.45, 2.75) is 12.8 Å². The number of rotatable bonds is 1. The molecule has 0 aliphatic carbocycles. The molecule has 0 saturated carbocycles. The van der Waals surface area contributed by atoms with Gasteiger partial charge in [0.1, 0.15) is 6.61 Å². The normalized spacial score (nSPS) is 30.0. The molecule has 2 aliphatic rings. The third-order valence-electron chi connectivity index (χ3n) is 2.05. The molecule has 0 N–H and O–H groups in total. The Bertz CT molecular complexity index is 202. The Morgan fingerprint density at radius 1 is 1.58 bits per heavy atom. The predicted molar refractivity (Wildman–Crippen MR) is 51.6 cm³/mol. The molecule has 1 atom stereocenters. The molecule has 0 aromatic heterocycles. The molecule has 2 radical (unpaired) electrons. The Morgan fingerprint density at radius 2 is 2.58 bits per heavy atom. The number of ether oxygens (including phenoxy) is 1. The van der Waals surface area contributed by atoms with Crippen molar-refractivity contribution >= 4 is 11.8 Å². The van der Waals surface area contributed by atoms with Gasteiger partial charge in [0.05, 0.1) is 0 Å². The van der Waals surface area contributed by atoms with Gasteiger partial charge in [-0.15, -0.1) is 11.8 Å². The molecule has 0 amide bonds. The standard InChI is InChI=1S/C10H12OS/c1-2-7-12-10(5-1)9-4-3-6-11-8-9/h1-2,5,9H,3-4,6-7H2. The monoisotopic (exact) mass is 180 g/mol. The van der Waals surface area contributed by atoms with Crippen LogP contribution in [0.2, 0.25) is 0 Å². The maximum atomic E-state index is 5.21. The highest BCUT2D eigenvalue weighted by atomic mass is 32.2. The first kappa shape index (κ1) is 8.39. The number of thioether (sulfide) groups is 1. The topological polar surface area (TPSA) is 9.23 Å². The maximum absolute atomic E-state index is 5.21. The zero-order valence-corrected chi connectivity index (χ0v) is 7.77. The number of hydrogen-bond donors (Lipinski definition) is 0. The first-order valence-corrected chi connectivity index (χ1v) is 5.32. The molecule has 2 aliphatic heterocycles. The lowest BCUT2D eigenvalue weighted by Crippen LogP contribution is -2.13. The van der Waals surface area contributed by atoms with Crippen LogP contribution < -0.4 is 0 Å². The van der Waals surface area contributed by atoms with Crippen molar-refractivity contribution in [2.24, 2.45) is 5.92 Å². The third kappa shape index (κ3) is 1.93. The minimum atomic E-state index is 0.439. The lowest BCUT2D eigenvalue weighted by atomic mass is 10.0. The van der Waals surface area contributed by atoms with Gasteiger partial charge in [-0.25, -0.2) is 0 Å². The molecule has 1 unspecified atom stereocenters. The zero-order valence-electron chi connectivity index (χ0n) is 6.95. The van der Waals surface area contributed by atoms with Crippen LogP contribution in [0.25, 0.3) is 0 Å². The molecule has 12 heavy (non-hydrogen) atoms. The van der Waals surface area contributed by atoms with Crippen LogP contribution in [0.15, 0.2) is 23.1 Å². The molecule has 0 spiro atoms. The molecular formula is C10H12OS. The van der Waals surface area contributed by atoms with Crippen LogP contribution in [0.1, 0.15) is 12.8 Å². The van der Waals surface area contributed by atoms with Gasteiger partial charge in [-0.3, -0.25) is 0 Å². The second-order valence-electron chi connectivity index (χ2n) is 2.97. The molecular weight excluding hydrogens is 168 g/mol. The fourth-order valence-electron chi connectivity index (χ4n) is 1.41. The van der Waals surface area contributed by atoms with Crippen molar-refractivity contribution in [3.8, 4) is 0 Å². The van der Waals surface area contributed by atoms with Crippen molar-refractivity contribution in [1.82, 2.24) is 0 Å². The fourth-order valence-corrected chi connectivity index (χ4v) is 2.35. The van der Waals surface area contributed by atoms with Gasteiger partial charge in [-0.2, -0.15) is 0 Å². The van der Waals surface area contributed by atoms with Crippen LogP contribution in [-0.2, 0) is 4.74 Å². The Morgan fingerprint density at radius 3 is 3.25 bits per heavy atom. The van der Waals surface area contributed by atoms with Gasteiger partial charge in [-0.05, 0) is 17.7 Å². The highest BCUT2D eigenvalue weighted by Gasteiger charge is 2.20. The van der Waals surface area contributed by atoms with Gasteiger partial charge in [0, 0.05) is 18.3 Å². The molecule has 0 bridgehead atoms. The third-order valence-corrected chi connectivity index (χ3v) is 3.16. The largest absolute Gasteiger partial charge is 0.368 e. The number of hydrogen-bond acceptors (Lipinski definition) is 2. The average Bonchev–Trinajstić information content (AvgIpc) is 2.21. The summed E-state index contributed by atoms with van der Waals surface area (Å²) in [6.07, 6.45) is 8.85. The van der Waals surface area contributed by atoms with Crippen molar-refractivity contribution < 1.29 is 4.74 Å². The lowest BCUT2D eigenvalue weighted by Gasteiger charge is -2.23. The lowest BCUT2D eigenvalue weighted by molar-refractivity contribution is 0.131. The minimum Gasteiger partial charge on any atom is -0.368 e. The van der Waals surface area contributed by atoms with E-state index in [2.05, 4.69) is 24.8 Å². The molecule has 0 aromatic rings. The van der Waals surface area contributed by atoms with Crippen LogP contribution in [0.5, 0.6) is 0 Å². The van der Waals surface area contributed by atoms with Crippen molar-refractivity contribution in [2.75, 3.05) is 12.4 Å². The summed E-state index contributed by atoms with van der Waals surface area (Å²) in [6, 6.07) is 0. The first-order valence-electron chi connectivity index (χ1n) is 4.33. The van der Waals surface area contributed by atoms with Crippen LogP contribution >= 0.6 is 11.8 Å². The van der Waals surface area contributed by atoms with Gasteiger partial charge in [0.2, 0.25) is 0 Å². The predicted octanol–water partition coefficient (Wildman–Crippen LogP) is 2.64.